The topological polar surface area (TPSA) is 88.0 Å². The molecule has 1 aromatic heterocycles. The molecule has 1 aliphatic heterocycles. The number of benzene rings is 3. The maximum Gasteiger partial charge on any atom is 0.261 e. The summed E-state index contributed by atoms with van der Waals surface area (Å²) in [6.07, 6.45) is 1.53. The number of amides is 2. The molecule has 0 bridgehead atoms. The van der Waals surface area contributed by atoms with Gasteiger partial charge in [0.1, 0.15) is 17.4 Å². The minimum Gasteiger partial charge on any atom is -0.343 e. The van der Waals surface area contributed by atoms with Gasteiger partial charge < -0.3 is 16.0 Å². The molecule has 35 heavy (non-hydrogen) atoms. The summed E-state index contributed by atoms with van der Waals surface area (Å²) < 4.78 is 1.71. The Morgan fingerprint density at radius 3 is 1.97 bits per heavy atom. The third-order valence-electron chi connectivity index (χ3n) is 5.97. The Morgan fingerprint density at radius 1 is 0.800 bits per heavy atom. The van der Waals surface area contributed by atoms with Gasteiger partial charge in [0, 0.05) is 17.1 Å². The lowest BCUT2D eigenvalue weighted by Crippen LogP contribution is -2.32. The first-order valence-electron chi connectivity index (χ1n) is 11.4. The molecule has 3 N–H and O–H groups in total. The number of fused-ring (bicyclic) bond motifs is 1. The number of aryl methyl sites for hydroxylation is 1. The third-order valence-corrected chi connectivity index (χ3v) is 5.97. The Labute approximate surface area is 203 Å². The van der Waals surface area contributed by atoms with Crippen molar-refractivity contribution in [2.75, 3.05) is 16.0 Å². The molecule has 0 unspecified atom stereocenters. The zero-order valence-corrected chi connectivity index (χ0v) is 19.4. The van der Waals surface area contributed by atoms with Crippen LogP contribution in [0, 0.1) is 6.92 Å². The molecule has 7 heteroatoms. The lowest BCUT2D eigenvalue weighted by atomic mass is 9.94. The molecule has 0 aliphatic carbocycles. The molecule has 1 aliphatic rings. The van der Waals surface area contributed by atoms with Crippen LogP contribution in [0.2, 0.25) is 0 Å². The van der Waals surface area contributed by atoms with Crippen LogP contribution in [0.25, 0.3) is 0 Å². The Bertz CT molecular complexity index is 1410. The minimum absolute atomic E-state index is 0.233. The van der Waals surface area contributed by atoms with E-state index in [1.807, 2.05) is 98.8 Å². The van der Waals surface area contributed by atoms with Crippen LogP contribution in [-0.2, 0) is 4.79 Å². The van der Waals surface area contributed by atoms with E-state index in [0.29, 0.717) is 34.0 Å². The Kier molecular flexibility index (Phi) is 5.89. The Morgan fingerprint density at radius 2 is 1.37 bits per heavy atom. The number of aromatic nitrogens is 2. The number of anilines is 3. The SMILES string of the molecule is CC1=C(C(=O)Nc2ccccc2)[C@@H](c2ccc(C)cc2)n2ncc(C(=O)Nc3ccccc3)c2N1. The van der Waals surface area contributed by atoms with Crippen molar-refractivity contribution in [2.45, 2.75) is 19.9 Å². The van der Waals surface area contributed by atoms with Crippen LogP contribution in [0.1, 0.15) is 34.5 Å². The summed E-state index contributed by atoms with van der Waals surface area (Å²) in [4.78, 5) is 26.6. The maximum absolute atomic E-state index is 13.5. The summed E-state index contributed by atoms with van der Waals surface area (Å²) in [7, 11) is 0. The first kappa shape index (κ1) is 22.2. The lowest BCUT2D eigenvalue weighted by Gasteiger charge is -2.30. The molecule has 0 spiro atoms. The van der Waals surface area contributed by atoms with Crippen molar-refractivity contribution in [1.82, 2.24) is 9.78 Å². The molecule has 0 saturated carbocycles. The number of nitrogens with zero attached hydrogens (tertiary/aromatic N) is 2. The number of para-hydroxylation sites is 2. The molecule has 0 saturated heterocycles. The number of nitrogens with one attached hydrogen (secondary N) is 3. The molecular formula is C28H25N5O2. The van der Waals surface area contributed by atoms with Gasteiger partial charge in [-0.2, -0.15) is 5.10 Å². The van der Waals surface area contributed by atoms with Gasteiger partial charge in [-0.05, 0) is 43.7 Å². The summed E-state index contributed by atoms with van der Waals surface area (Å²) in [6.45, 7) is 3.86. The van der Waals surface area contributed by atoms with Gasteiger partial charge in [0.05, 0.1) is 11.8 Å². The second-order valence-electron chi connectivity index (χ2n) is 8.47. The zero-order valence-electron chi connectivity index (χ0n) is 19.4. The van der Waals surface area contributed by atoms with Crippen LogP contribution in [0.4, 0.5) is 17.2 Å². The van der Waals surface area contributed by atoms with Crippen LogP contribution in [0.3, 0.4) is 0 Å². The molecule has 0 fully saturated rings. The van der Waals surface area contributed by atoms with Crippen LogP contribution >= 0.6 is 0 Å². The van der Waals surface area contributed by atoms with E-state index in [0.717, 1.165) is 11.1 Å². The van der Waals surface area contributed by atoms with Gasteiger partial charge in [0.2, 0.25) is 0 Å². The summed E-state index contributed by atoms with van der Waals surface area (Å²) in [6, 6.07) is 26.1. The van der Waals surface area contributed by atoms with Crippen LogP contribution in [-0.4, -0.2) is 21.6 Å². The highest BCUT2D eigenvalue weighted by atomic mass is 16.2. The van der Waals surface area contributed by atoms with Gasteiger partial charge in [-0.25, -0.2) is 4.68 Å². The molecule has 1 atom stereocenters. The summed E-state index contributed by atoms with van der Waals surface area (Å²) in [5, 5.41) is 13.7. The number of hydrogen-bond donors (Lipinski definition) is 3. The second-order valence-corrected chi connectivity index (χ2v) is 8.47. The average molecular weight is 464 g/mol. The van der Waals surface area contributed by atoms with E-state index in [9.17, 15) is 9.59 Å². The van der Waals surface area contributed by atoms with Crippen molar-refractivity contribution in [3.8, 4) is 0 Å². The summed E-state index contributed by atoms with van der Waals surface area (Å²) in [5.41, 5.74) is 4.99. The number of carbonyl (C=O) groups is 2. The minimum atomic E-state index is -0.506. The van der Waals surface area contributed by atoms with E-state index < -0.39 is 6.04 Å². The maximum atomic E-state index is 13.5. The largest absolute Gasteiger partial charge is 0.343 e. The highest BCUT2D eigenvalue weighted by Crippen LogP contribution is 2.38. The summed E-state index contributed by atoms with van der Waals surface area (Å²) >= 11 is 0. The smallest absolute Gasteiger partial charge is 0.261 e. The summed E-state index contributed by atoms with van der Waals surface area (Å²) in [5.74, 6) is 0.0265. The molecule has 7 nitrogen and oxygen atoms in total. The van der Waals surface area contributed by atoms with E-state index in [2.05, 4.69) is 21.0 Å². The van der Waals surface area contributed by atoms with E-state index >= 15 is 0 Å². The molecule has 4 aromatic rings. The van der Waals surface area contributed by atoms with Crippen LogP contribution in [0.5, 0.6) is 0 Å². The van der Waals surface area contributed by atoms with Gasteiger partial charge in [-0.3, -0.25) is 9.59 Å². The standard InChI is InChI=1S/C28H25N5O2/c1-18-13-15-20(16-14-18)25-24(28(35)32-22-11-7-4-8-12-22)19(2)30-26-23(17-29-33(25)26)27(34)31-21-9-5-3-6-10-21/h3-17,25,30H,1-2H3,(H,31,34)(H,32,35)/t25-/m1/s1. The highest BCUT2D eigenvalue weighted by molar-refractivity contribution is 6.09. The van der Waals surface area contributed by atoms with E-state index in [4.69, 9.17) is 0 Å². The van der Waals surface area contributed by atoms with E-state index in [-0.39, 0.29) is 11.8 Å². The predicted octanol–water partition coefficient (Wildman–Crippen LogP) is 5.37. The molecule has 3 aromatic carbocycles. The van der Waals surface area contributed by atoms with Crippen molar-refractivity contribution >= 4 is 29.0 Å². The quantitative estimate of drug-likeness (QED) is 0.371. The number of rotatable bonds is 5. The molecular weight excluding hydrogens is 438 g/mol. The first-order chi connectivity index (χ1) is 17.0. The van der Waals surface area contributed by atoms with Gasteiger partial charge in [0.15, 0.2) is 0 Å². The molecule has 2 heterocycles. The Hall–Kier alpha value is -4.65. The second kappa shape index (κ2) is 9.30. The molecule has 0 radical (unpaired) electrons. The lowest BCUT2D eigenvalue weighted by molar-refractivity contribution is -0.113. The Balaban J connectivity index is 1.55. The fraction of sp³-hybridized carbons (Fsp3) is 0.107. The third kappa shape index (κ3) is 4.44. The van der Waals surface area contributed by atoms with E-state index in [1.165, 1.54) is 6.20 Å². The van der Waals surface area contributed by atoms with Crippen molar-refractivity contribution in [2.24, 2.45) is 0 Å². The monoisotopic (exact) mass is 463 g/mol. The molecule has 174 valence electrons. The van der Waals surface area contributed by atoms with Gasteiger partial charge in [-0.1, -0.05) is 66.2 Å². The number of allylic oxidation sites excluding steroid dienone is 1. The fourth-order valence-corrected chi connectivity index (χ4v) is 4.21. The van der Waals surface area contributed by atoms with Crippen molar-refractivity contribution in [3.05, 3.63) is 119 Å². The van der Waals surface area contributed by atoms with Crippen molar-refractivity contribution in [1.29, 1.82) is 0 Å². The zero-order chi connectivity index (χ0) is 24.4. The highest BCUT2D eigenvalue weighted by Gasteiger charge is 2.35. The van der Waals surface area contributed by atoms with Gasteiger partial charge in [0.25, 0.3) is 11.8 Å². The van der Waals surface area contributed by atoms with Crippen molar-refractivity contribution in [3.63, 3.8) is 0 Å². The van der Waals surface area contributed by atoms with Gasteiger partial charge in [-0.15, -0.1) is 0 Å². The normalized spacial score (nSPS) is 14.6. The first-order valence-corrected chi connectivity index (χ1v) is 11.4. The van der Waals surface area contributed by atoms with Crippen molar-refractivity contribution < 1.29 is 9.59 Å². The predicted molar refractivity (Wildman–Crippen MR) is 137 cm³/mol. The van der Waals surface area contributed by atoms with E-state index in [1.54, 1.807) is 4.68 Å². The number of hydrogen-bond acceptors (Lipinski definition) is 4. The fourth-order valence-electron chi connectivity index (χ4n) is 4.21. The molecule has 5 rings (SSSR count). The van der Waals surface area contributed by atoms with Crippen LogP contribution in [0.15, 0.2) is 102 Å². The number of carbonyl (C=O) groups excluding carboxylic acids is 2. The van der Waals surface area contributed by atoms with Crippen LogP contribution < -0.4 is 16.0 Å². The molecule has 2 amide bonds. The average Bonchev–Trinajstić information content (AvgIpc) is 3.28. The van der Waals surface area contributed by atoms with Gasteiger partial charge >= 0.3 is 0 Å².